The molecule has 1 heterocycles. The zero-order valence-corrected chi connectivity index (χ0v) is 8.41. The van der Waals surface area contributed by atoms with E-state index in [-0.39, 0.29) is 0 Å². The van der Waals surface area contributed by atoms with E-state index >= 15 is 0 Å². The maximum atomic E-state index is 10.6. The summed E-state index contributed by atoms with van der Waals surface area (Å²) in [6, 6.07) is 0.771. The minimum atomic E-state index is -0.765. The highest BCUT2D eigenvalue weighted by atomic mass is 16.4. The Morgan fingerprint density at radius 2 is 1.93 bits per heavy atom. The van der Waals surface area contributed by atoms with Gasteiger partial charge in [-0.1, -0.05) is 0 Å². The molecule has 1 aliphatic carbocycles. The van der Waals surface area contributed by atoms with Crippen molar-refractivity contribution in [2.24, 2.45) is 5.92 Å². The summed E-state index contributed by atoms with van der Waals surface area (Å²) >= 11 is 0. The van der Waals surface area contributed by atoms with Gasteiger partial charge in [-0.2, -0.15) is 0 Å². The standard InChI is InChI=1S/C10H18N2O2/c13-10(14)12-5-3-8(4-6-12)7-11-9-1-2-9/h8-9,11H,1-7H2,(H,13,14). The average molecular weight is 198 g/mol. The second-order valence-corrected chi connectivity index (χ2v) is 4.40. The smallest absolute Gasteiger partial charge is 0.407 e. The summed E-state index contributed by atoms with van der Waals surface area (Å²) in [5.74, 6) is 0.686. The number of likely N-dealkylation sites (tertiary alicyclic amines) is 1. The number of carboxylic acid groups (broad SMARTS) is 1. The Morgan fingerprint density at radius 1 is 1.29 bits per heavy atom. The number of rotatable bonds is 3. The number of amides is 1. The molecule has 0 aromatic carbocycles. The Morgan fingerprint density at radius 3 is 2.43 bits per heavy atom. The predicted molar refractivity (Wildman–Crippen MR) is 53.3 cm³/mol. The van der Waals surface area contributed by atoms with Crippen LogP contribution in [0.2, 0.25) is 0 Å². The van der Waals surface area contributed by atoms with Crippen molar-refractivity contribution in [3.63, 3.8) is 0 Å². The Labute approximate surface area is 84.3 Å². The quantitative estimate of drug-likeness (QED) is 0.714. The van der Waals surface area contributed by atoms with Crippen molar-refractivity contribution < 1.29 is 9.90 Å². The lowest BCUT2D eigenvalue weighted by Crippen LogP contribution is -2.40. The normalized spacial score (nSPS) is 23.9. The van der Waals surface area contributed by atoms with Crippen molar-refractivity contribution in [1.29, 1.82) is 0 Å². The Balaban J connectivity index is 1.64. The first-order chi connectivity index (χ1) is 6.75. The molecular weight excluding hydrogens is 180 g/mol. The number of carbonyl (C=O) groups is 1. The van der Waals surface area contributed by atoms with Crippen molar-refractivity contribution in [3.05, 3.63) is 0 Å². The molecule has 1 amide bonds. The molecule has 0 aromatic heterocycles. The maximum absolute atomic E-state index is 10.6. The van der Waals surface area contributed by atoms with Gasteiger partial charge in [-0.3, -0.25) is 0 Å². The minimum absolute atomic E-state index is 0.686. The highest BCUT2D eigenvalue weighted by molar-refractivity contribution is 5.64. The number of hydrogen-bond acceptors (Lipinski definition) is 2. The van der Waals surface area contributed by atoms with Crippen LogP contribution in [0.5, 0.6) is 0 Å². The molecule has 0 aromatic rings. The highest BCUT2D eigenvalue weighted by Crippen LogP contribution is 2.21. The molecule has 1 saturated carbocycles. The van der Waals surface area contributed by atoms with Crippen LogP contribution in [0.3, 0.4) is 0 Å². The molecule has 4 nitrogen and oxygen atoms in total. The average Bonchev–Trinajstić information content (AvgIpc) is 2.99. The molecule has 0 unspecified atom stereocenters. The van der Waals surface area contributed by atoms with E-state index in [0.29, 0.717) is 19.0 Å². The van der Waals surface area contributed by atoms with Crippen molar-refractivity contribution >= 4 is 6.09 Å². The van der Waals surface area contributed by atoms with Gasteiger partial charge >= 0.3 is 6.09 Å². The third-order valence-electron chi connectivity index (χ3n) is 3.16. The van der Waals surface area contributed by atoms with Crippen LogP contribution in [0.25, 0.3) is 0 Å². The van der Waals surface area contributed by atoms with Gasteiger partial charge in [-0.05, 0) is 38.1 Å². The second kappa shape index (κ2) is 4.17. The van der Waals surface area contributed by atoms with Crippen LogP contribution in [0.15, 0.2) is 0 Å². The van der Waals surface area contributed by atoms with Crippen molar-refractivity contribution in [2.75, 3.05) is 19.6 Å². The van der Waals surface area contributed by atoms with Gasteiger partial charge in [0.15, 0.2) is 0 Å². The zero-order chi connectivity index (χ0) is 9.97. The van der Waals surface area contributed by atoms with Crippen molar-refractivity contribution in [1.82, 2.24) is 10.2 Å². The van der Waals surface area contributed by atoms with Gasteiger partial charge in [0.05, 0.1) is 0 Å². The third-order valence-corrected chi connectivity index (χ3v) is 3.16. The monoisotopic (exact) mass is 198 g/mol. The van der Waals surface area contributed by atoms with Crippen LogP contribution in [0.1, 0.15) is 25.7 Å². The van der Waals surface area contributed by atoms with Gasteiger partial charge in [0, 0.05) is 19.1 Å². The fourth-order valence-electron chi connectivity index (χ4n) is 1.95. The lowest BCUT2D eigenvalue weighted by Gasteiger charge is -2.30. The second-order valence-electron chi connectivity index (χ2n) is 4.40. The molecule has 1 saturated heterocycles. The zero-order valence-electron chi connectivity index (χ0n) is 8.41. The van der Waals surface area contributed by atoms with E-state index in [1.165, 1.54) is 17.7 Å². The largest absolute Gasteiger partial charge is 0.465 e. The third kappa shape index (κ3) is 2.61. The highest BCUT2D eigenvalue weighted by Gasteiger charge is 2.25. The minimum Gasteiger partial charge on any atom is -0.465 e. The molecule has 2 N–H and O–H groups in total. The Hall–Kier alpha value is -0.770. The number of nitrogens with one attached hydrogen (secondary N) is 1. The summed E-state index contributed by atoms with van der Waals surface area (Å²) in [6.45, 7) is 2.51. The van der Waals surface area contributed by atoms with Crippen LogP contribution < -0.4 is 5.32 Å². The van der Waals surface area contributed by atoms with Gasteiger partial charge < -0.3 is 15.3 Å². The summed E-state index contributed by atoms with van der Waals surface area (Å²) < 4.78 is 0. The molecule has 0 radical (unpaired) electrons. The number of nitrogens with zero attached hydrogens (tertiary/aromatic N) is 1. The molecule has 0 spiro atoms. The number of hydrogen-bond donors (Lipinski definition) is 2. The van der Waals surface area contributed by atoms with Gasteiger partial charge in [0.1, 0.15) is 0 Å². The van der Waals surface area contributed by atoms with E-state index in [2.05, 4.69) is 5.32 Å². The molecule has 4 heteroatoms. The van der Waals surface area contributed by atoms with Crippen LogP contribution in [0.4, 0.5) is 4.79 Å². The van der Waals surface area contributed by atoms with Gasteiger partial charge in [-0.15, -0.1) is 0 Å². The fourth-order valence-corrected chi connectivity index (χ4v) is 1.95. The topological polar surface area (TPSA) is 52.6 Å². The first-order valence-electron chi connectivity index (χ1n) is 5.47. The number of piperidine rings is 1. The molecule has 2 aliphatic rings. The lowest BCUT2D eigenvalue weighted by molar-refractivity contribution is 0.124. The Kier molecular flexibility index (Phi) is 2.91. The molecule has 1 aliphatic heterocycles. The molecule has 0 atom stereocenters. The van der Waals surface area contributed by atoms with Gasteiger partial charge in [-0.25, -0.2) is 4.79 Å². The maximum Gasteiger partial charge on any atom is 0.407 e. The van der Waals surface area contributed by atoms with Crippen molar-refractivity contribution in [3.8, 4) is 0 Å². The van der Waals surface area contributed by atoms with E-state index in [0.717, 1.165) is 25.4 Å². The van der Waals surface area contributed by atoms with Crippen LogP contribution in [-0.4, -0.2) is 41.8 Å². The van der Waals surface area contributed by atoms with E-state index in [1.54, 1.807) is 0 Å². The molecular formula is C10H18N2O2. The molecule has 80 valence electrons. The fraction of sp³-hybridized carbons (Fsp3) is 0.900. The van der Waals surface area contributed by atoms with Crippen LogP contribution >= 0.6 is 0 Å². The van der Waals surface area contributed by atoms with E-state index < -0.39 is 6.09 Å². The molecule has 2 fully saturated rings. The molecule has 0 bridgehead atoms. The van der Waals surface area contributed by atoms with Crippen LogP contribution in [0, 0.1) is 5.92 Å². The molecule has 14 heavy (non-hydrogen) atoms. The van der Waals surface area contributed by atoms with Gasteiger partial charge in [0.25, 0.3) is 0 Å². The summed E-state index contributed by atoms with van der Waals surface area (Å²) in [7, 11) is 0. The first-order valence-corrected chi connectivity index (χ1v) is 5.47. The van der Waals surface area contributed by atoms with Crippen molar-refractivity contribution in [2.45, 2.75) is 31.7 Å². The van der Waals surface area contributed by atoms with Crippen LogP contribution in [-0.2, 0) is 0 Å². The van der Waals surface area contributed by atoms with E-state index in [9.17, 15) is 4.79 Å². The first kappa shape index (κ1) is 9.77. The summed E-state index contributed by atoms with van der Waals surface area (Å²) in [5, 5.41) is 12.3. The lowest BCUT2D eigenvalue weighted by atomic mass is 9.97. The SMILES string of the molecule is O=C(O)N1CCC(CNC2CC2)CC1. The Bertz CT molecular complexity index is 208. The summed E-state index contributed by atoms with van der Waals surface area (Å²) in [4.78, 5) is 12.2. The van der Waals surface area contributed by atoms with E-state index in [1.807, 2.05) is 0 Å². The van der Waals surface area contributed by atoms with E-state index in [4.69, 9.17) is 5.11 Å². The molecule has 2 rings (SSSR count). The summed E-state index contributed by atoms with van der Waals surface area (Å²) in [6.07, 6.45) is 3.93. The predicted octanol–water partition coefficient (Wildman–Crippen LogP) is 1.13. The summed E-state index contributed by atoms with van der Waals surface area (Å²) in [5.41, 5.74) is 0. The van der Waals surface area contributed by atoms with Gasteiger partial charge in [0.2, 0.25) is 0 Å².